The zero-order valence-corrected chi connectivity index (χ0v) is 9.09. The van der Waals surface area contributed by atoms with Crippen LogP contribution < -0.4 is 5.32 Å². The first-order chi connectivity index (χ1) is 7.79. The molecular formula is C11H8FN3S. The number of rotatable bonds is 3. The summed E-state index contributed by atoms with van der Waals surface area (Å²) in [7, 11) is 0. The molecule has 0 aliphatic heterocycles. The standard InChI is InChI=1S/C11H8FN3S/c12-10-5-8(6-13)1-2-9(10)7-15-11-14-3-4-16-11/h1-5H,7H2,(H,14,15). The lowest BCUT2D eigenvalue weighted by Gasteiger charge is -2.04. The summed E-state index contributed by atoms with van der Waals surface area (Å²) in [5, 5.41) is 14.2. The maximum absolute atomic E-state index is 13.5. The minimum atomic E-state index is -0.372. The van der Waals surface area contributed by atoms with Crippen molar-refractivity contribution in [2.75, 3.05) is 5.32 Å². The van der Waals surface area contributed by atoms with E-state index in [9.17, 15) is 4.39 Å². The van der Waals surface area contributed by atoms with E-state index in [1.165, 1.54) is 17.4 Å². The maximum Gasteiger partial charge on any atom is 0.182 e. The van der Waals surface area contributed by atoms with E-state index in [2.05, 4.69) is 10.3 Å². The molecule has 0 saturated heterocycles. The highest BCUT2D eigenvalue weighted by Gasteiger charge is 2.03. The van der Waals surface area contributed by atoms with Gasteiger partial charge >= 0.3 is 0 Å². The average molecular weight is 233 g/mol. The Morgan fingerprint density at radius 2 is 2.38 bits per heavy atom. The maximum atomic E-state index is 13.5. The van der Waals surface area contributed by atoms with Gasteiger partial charge in [0.25, 0.3) is 0 Å². The van der Waals surface area contributed by atoms with Crippen LogP contribution in [-0.2, 0) is 6.54 Å². The van der Waals surface area contributed by atoms with Crippen molar-refractivity contribution < 1.29 is 4.39 Å². The van der Waals surface area contributed by atoms with E-state index in [1.807, 2.05) is 11.4 Å². The summed E-state index contributed by atoms with van der Waals surface area (Å²) in [5.74, 6) is -0.372. The van der Waals surface area contributed by atoms with Crippen molar-refractivity contribution in [3.05, 3.63) is 46.7 Å². The largest absolute Gasteiger partial charge is 0.357 e. The SMILES string of the molecule is N#Cc1ccc(CNc2nccs2)c(F)c1. The number of hydrogen-bond donors (Lipinski definition) is 1. The third-order valence-corrected chi connectivity index (χ3v) is 2.78. The first kappa shape index (κ1) is 10.6. The quantitative estimate of drug-likeness (QED) is 0.886. The number of halogens is 1. The molecule has 1 aromatic heterocycles. The molecule has 1 heterocycles. The third-order valence-electron chi connectivity index (χ3n) is 2.04. The molecule has 3 nitrogen and oxygen atoms in total. The fourth-order valence-corrected chi connectivity index (χ4v) is 1.77. The number of nitriles is 1. The van der Waals surface area contributed by atoms with E-state index in [1.54, 1.807) is 18.3 Å². The minimum absolute atomic E-state index is 0.329. The molecule has 0 spiro atoms. The zero-order chi connectivity index (χ0) is 11.4. The van der Waals surface area contributed by atoms with Crippen LogP contribution in [0.3, 0.4) is 0 Å². The van der Waals surface area contributed by atoms with E-state index < -0.39 is 0 Å². The Labute approximate surface area is 96.2 Å². The molecule has 80 valence electrons. The van der Waals surface area contributed by atoms with Gasteiger partial charge in [-0.05, 0) is 12.1 Å². The number of thiazole rings is 1. The summed E-state index contributed by atoms with van der Waals surface area (Å²) in [4.78, 5) is 4.03. The first-order valence-corrected chi connectivity index (χ1v) is 5.49. The molecule has 2 aromatic rings. The first-order valence-electron chi connectivity index (χ1n) is 4.61. The van der Waals surface area contributed by atoms with Crippen molar-refractivity contribution >= 4 is 16.5 Å². The van der Waals surface area contributed by atoms with Crippen LogP contribution >= 0.6 is 11.3 Å². The van der Waals surface area contributed by atoms with E-state index in [0.717, 1.165) is 5.13 Å². The minimum Gasteiger partial charge on any atom is -0.357 e. The van der Waals surface area contributed by atoms with Crippen LogP contribution in [-0.4, -0.2) is 4.98 Å². The van der Waals surface area contributed by atoms with Gasteiger partial charge in [-0.1, -0.05) is 6.07 Å². The van der Waals surface area contributed by atoms with Crippen LogP contribution in [0.2, 0.25) is 0 Å². The predicted octanol–water partition coefficient (Wildman–Crippen LogP) is 2.77. The number of benzene rings is 1. The monoisotopic (exact) mass is 233 g/mol. The Kier molecular flexibility index (Phi) is 3.13. The molecule has 5 heteroatoms. The Bertz CT molecular complexity index is 517. The molecule has 16 heavy (non-hydrogen) atoms. The molecule has 0 bridgehead atoms. The van der Waals surface area contributed by atoms with Crippen LogP contribution in [0.25, 0.3) is 0 Å². The van der Waals surface area contributed by atoms with Gasteiger partial charge < -0.3 is 5.32 Å². The topological polar surface area (TPSA) is 48.7 Å². The second-order valence-corrected chi connectivity index (χ2v) is 4.00. The van der Waals surface area contributed by atoms with E-state index in [4.69, 9.17) is 5.26 Å². The van der Waals surface area contributed by atoms with Crippen LogP contribution in [0.1, 0.15) is 11.1 Å². The van der Waals surface area contributed by atoms with E-state index in [0.29, 0.717) is 17.7 Å². The Balaban J connectivity index is 2.08. The molecular weight excluding hydrogens is 225 g/mol. The zero-order valence-electron chi connectivity index (χ0n) is 8.27. The molecule has 0 unspecified atom stereocenters. The summed E-state index contributed by atoms with van der Waals surface area (Å²) in [6, 6.07) is 6.33. The average Bonchev–Trinajstić information content (AvgIpc) is 2.80. The van der Waals surface area contributed by atoms with Crippen LogP contribution in [0.5, 0.6) is 0 Å². The third kappa shape index (κ3) is 2.35. The lowest BCUT2D eigenvalue weighted by atomic mass is 10.1. The fraction of sp³-hybridized carbons (Fsp3) is 0.0909. The van der Waals surface area contributed by atoms with Gasteiger partial charge in [0.15, 0.2) is 5.13 Å². The Morgan fingerprint density at radius 1 is 1.50 bits per heavy atom. The van der Waals surface area contributed by atoms with Crippen molar-refractivity contribution in [1.29, 1.82) is 5.26 Å². The van der Waals surface area contributed by atoms with Crippen molar-refractivity contribution in [2.24, 2.45) is 0 Å². The Hall–Kier alpha value is -1.93. The van der Waals surface area contributed by atoms with Crippen molar-refractivity contribution in [2.45, 2.75) is 6.54 Å². The fourth-order valence-electron chi connectivity index (χ4n) is 1.24. The highest BCUT2D eigenvalue weighted by Crippen LogP contribution is 2.14. The molecule has 0 amide bonds. The van der Waals surface area contributed by atoms with Gasteiger partial charge in [-0.15, -0.1) is 11.3 Å². The predicted molar refractivity (Wildman–Crippen MR) is 60.6 cm³/mol. The summed E-state index contributed by atoms with van der Waals surface area (Å²) < 4.78 is 13.5. The molecule has 0 aliphatic rings. The van der Waals surface area contributed by atoms with E-state index in [-0.39, 0.29) is 5.82 Å². The van der Waals surface area contributed by atoms with Gasteiger partial charge in [0.2, 0.25) is 0 Å². The van der Waals surface area contributed by atoms with Crippen molar-refractivity contribution in [3.63, 3.8) is 0 Å². The molecule has 0 saturated carbocycles. The Morgan fingerprint density at radius 3 is 3.00 bits per heavy atom. The molecule has 2 rings (SSSR count). The molecule has 0 radical (unpaired) electrons. The summed E-state index contributed by atoms with van der Waals surface area (Å²) in [6.07, 6.45) is 1.68. The van der Waals surface area contributed by atoms with Gasteiger partial charge in [-0.2, -0.15) is 5.26 Å². The highest BCUT2D eigenvalue weighted by molar-refractivity contribution is 7.13. The second kappa shape index (κ2) is 4.73. The molecule has 1 aromatic carbocycles. The second-order valence-electron chi connectivity index (χ2n) is 3.11. The summed E-state index contributed by atoms with van der Waals surface area (Å²) >= 11 is 1.46. The summed E-state index contributed by atoms with van der Waals surface area (Å²) in [5.41, 5.74) is 0.852. The molecule has 0 atom stereocenters. The molecule has 1 N–H and O–H groups in total. The van der Waals surface area contributed by atoms with Crippen molar-refractivity contribution in [3.8, 4) is 6.07 Å². The highest BCUT2D eigenvalue weighted by atomic mass is 32.1. The van der Waals surface area contributed by atoms with Gasteiger partial charge in [0, 0.05) is 23.7 Å². The normalized spacial score (nSPS) is 9.75. The van der Waals surface area contributed by atoms with Crippen LogP contribution in [0, 0.1) is 17.1 Å². The van der Waals surface area contributed by atoms with Gasteiger partial charge in [-0.25, -0.2) is 9.37 Å². The lowest BCUT2D eigenvalue weighted by Crippen LogP contribution is -2.01. The van der Waals surface area contributed by atoms with Crippen LogP contribution in [0.15, 0.2) is 29.8 Å². The lowest BCUT2D eigenvalue weighted by molar-refractivity contribution is 0.612. The summed E-state index contributed by atoms with van der Waals surface area (Å²) in [6.45, 7) is 0.366. The molecule has 0 fully saturated rings. The number of anilines is 1. The number of aromatic nitrogens is 1. The van der Waals surface area contributed by atoms with Gasteiger partial charge in [0.05, 0.1) is 11.6 Å². The molecule has 0 aliphatic carbocycles. The van der Waals surface area contributed by atoms with Gasteiger partial charge in [-0.3, -0.25) is 0 Å². The van der Waals surface area contributed by atoms with E-state index >= 15 is 0 Å². The number of hydrogen-bond acceptors (Lipinski definition) is 4. The number of nitrogens with one attached hydrogen (secondary N) is 1. The van der Waals surface area contributed by atoms with Crippen molar-refractivity contribution in [1.82, 2.24) is 4.98 Å². The van der Waals surface area contributed by atoms with Crippen LogP contribution in [0.4, 0.5) is 9.52 Å². The van der Waals surface area contributed by atoms with Gasteiger partial charge in [0.1, 0.15) is 5.82 Å². The number of nitrogens with zero attached hydrogens (tertiary/aromatic N) is 2. The smallest absolute Gasteiger partial charge is 0.182 e.